The van der Waals surface area contributed by atoms with Gasteiger partial charge in [-0.3, -0.25) is 47.1 Å². The molecule has 5 aliphatic heterocycles. The quantitative estimate of drug-likeness (QED) is 0.118. The normalized spacial score (nSPS) is 52.3. The van der Waals surface area contributed by atoms with Crippen LogP contribution < -0.4 is 42.5 Å². The molecular formula is C33H57ClCuN8O4S. The maximum Gasteiger partial charge on any atom is 0.398 e. The van der Waals surface area contributed by atoms with Crippen molar-refractivity contribution < 1.29 is 34.2 Å². The van der Waals surface area contributed by atoms with Crippen LogP contribution in [0.1, 0.15) is 96.3 Å². The van der Waals surface area contributed by atoms with Gasteiger partial charge in [-0.05, 0) is 98.7 Å². The van der Waals surface area contributed by atoms with E-state index >= 15 is 0 Å². The molecule has 277 valence electrons. The minimum Gasteiger partial charge on any atom is -0.286 e. The molecule has 5 heterocycles. The molecule has 0 aromatic carbocycles. The van der Waals surface area contributed by atoms with Crippen LogP contribution in [0.25, 0.3) is 0 Å². The average Bonchev–Trinajstić information content (AvgIpc) is 3.79. The van der Waals surface area contributed by atoms with Gasteiger partial charge in [0.15, 0.2) is 5.56 Å². The minimum absolute atomic E-state index is 0. The summed E-state index contributed by atoms with van der Waals surface area (Å²) in [7, 11) is -4.66. The summed E-state index contributed by atoms with van der Waals surface area (Å²) in [4.78, 5) is 0. The van der Waals surface area contributed by atoms with E-state index in [1.807, 2.05) is 0 Å². The summed E-state index contributed by atoms with van der Waals surface area (Å²) in [6, 6.07) is 0. The molecule has 0 aromatic rings. The molecule has 12 nitrogen and oxygen atoms in total. The first-order valence-electron chi connectivity index (χ1n) is 19.2. The van der Waals surface area contributed by atoms with Crippen molar-refractivity contribution in [3.8, 4) is 0 Å². The molecule has 0 spiro atoms. The molecule has 48 heavy (non-hydrogen) atoms. The van der Waals surface area contributed by atoms with E-state index in [9.17, 15) is 13.0 Å². The largest absolute Gasteiger partial charge is 0.398 e. The van der Waals surface area contributed by atoms with Crippen LogP contribution in [0.2, 0.25) is 0 Å². The second-order valence-corrected chi connectivity index (χ2v) is 18.2. The van der Waals surface area contributed by atoms with Crippen LogP contribution >= 0.6 is 11.6 Å². The topological polar surface area (TPSA) is 160 Å². The standard InChI is InChI=1S/C33H57ClN8O4S.Cu/c34-25(46-47(43,44)45)22-14-7-15-23-24(22)33-41-31-21-13-6-5-12-20(21)29(39-31)37-27-17-9-2-1-8-16(17)26(35-27)36-28-18-10-3-4-11-19(18)30(38-28)40-32(23)42-33;/h16-33,35-42H,1-15H2,(H,43,44,45);. The van der Waals surface area contributed by atoms with Crippen molar-refractivity contribution in [1.29, 1.82) is 0 Å². The first kappa shape index (κ1) is 35.4. The fourth-order valence-electron chi connectivity index (χ4n) is 12.6. The Morgan fingerprint density at radius 3 is 1.10 bits per heavy atom. The van der Waals surface area contributed by atoms with E-state index < -0.39 is 16.0 Å². The molecule has 1 radical (unpaired) electrons. The molecule has 5 saturated heterocycles. The predicted octanol–water partition coefficient (Wildman–Crippen LogP) is 2.21. The second kappa shape index (κ2) is 14.3. The fraction of sp³-hybridized carbons (Fsp3) is 1.00. The van der Waals surface area contributed by atoms with Gasteiger partial charge in [-0.25, -0.2) is 4.18 Å². The van der Waals surface area contributed by atoms with Crippen molar-refractivity contribution in [3.63, 3.8) is 0 Å². The second-order valence-electron chi connectivity index (χ2n) is 16.7. The summed E-state index contributed by atoms with van der Waals surface area (Å²) in [5, 5.41) is 32.9. The Kier molecular flexibility index (Phi) is 10.5. The van der Waals surface area contributed by atoms with Gasteiger partial charge in [-0.15, -0.1) is 0 Å². The molecular weight excluding hydrogens is 703 g/mol. The molecule has 0 aromatic heterocycles. The van der Waals surface area contributed by atoms with E-state index in [0.717, 1.165) is 19.3 Å². The third kappa shape index (κ3) is 6.58. The SMILES string of the molecule is O=S(=O)(O)OC(Cl)C1CCCC2C3NC4NC(NC5NC(NC6NC(NC(N3)C21)C1CCCCC61)C1CCCCC51)C1CCCCC41.[Cu]. The predicted molar refractivity (Wildman–Crippen MR) is 178 cm³/mol. The third-order valence-corrected chi connectivity index (χ3v) is 15.5. The van der Waals surface area contributed by atoms with Crippen molar-refractivity contribution in [2.75, 3.05) is 0 Å². The molecule has 0 amide bonds. The van der Waals surface area contributed by atoms with Crippen molar-refractivity contribution in [1.82, 2.24) is 42.5 Å². The average molecular weight is 761 g/mol. The van der Waals surface area contributed by atoms with Gasteiger partial charge < -0.3 is 0 Å². The molecule has 4 saturated carbocycles. The van der Waals surface area contributed by atoms with Crippen molar-refractivity contribution in [2.24, 2.45) is 53.3 Å². The zero-order valence-corrected chi connectivity index (χ0v) is 30.3. The van der Waals surface area contributed by atoms with Gasteiger partial charge in [-0.2, -0.15) is 8.42 Å². The summed E-state index contributed by atoms with van der Waals surface area (Å²) >= 11 is 6.72. The van der Waals surface area contributed by atoms with Crippen molar-refractivity contribution in [3.05, 3.63) is 0 Å². The monoisotopic (exact) mass is 759 g/mol. The Morgan fingerprint density at radius 2 is 0.771 bits per heavy atom. The Bertz CT molecular complexity index is 1260. The van der Waals surface area contributed by atoms with Gasteiger partial charge >= 0.3 is 10.4 Å². The van der Waals surface area contributed by atoms with Crippen LogP contribution in [0.4, 0.5) is 0 Å². The van der Waals surface area contributed by atoms with Gasteiger partial charge in [-0.1, -0.05) is 56.5 Å². The fourth-order valence-corrected chi connectivity index (χ4v) is 13.5. The van der Waals surface area contributed by atoms with Crippen LogP contribution in [0.5, 0.6) is 0 Å². The minimum atomic E-state index is -4.66. The number of nitrogens with one attached hydrogen (secondary N) is 8. The van der Waals surface area contributed by atoms with E-state index in [0.29, 0.717) is 41.7 Å². The Hall–Kier alpha value is 0.359. The summed E-state index contributed by atoms with van der Waals surface area (Å²) in [5.41, 5.74) is -1.11. The number of alkyl halides is 1. The molecule has 18 atom stereocenters. The smallest absolute Gasteiger partial charge is 0.286 e. The first-order chi connectivity index (χ1) is 22.8. The van der Waals surface area contributed by atoms with E-state index in [4.69, 9.17) is 15.8 Å². The third-order valence-electron chi connectivity index (χ3n) is 14.5. The molecule has 8 bridgehead atoms. The van der Waals surface area contributed by atoms with Gasteiger partial charge in [0.1, 0.15) is 0 Å². The van der Waals surface area contributed by atoms with Gasteiger partial charge in [0, 0.05) is 23.0 Å². The molecule has 18 unspecified atom stereocenters. The number of rotatable bonds is 3. The zero-order valence-electron chi connectivity index (χ0n) is 27.8. The van der Waals surface area contributed by atoms with Crippen molar-refractivity contribution in [2.45, 2.75) is 151 Å². The van der Waals surface area contributed by atoms with Gasteiger partial charge in [0.05, 0.1) is 49.3 Å². The number of halogens is 1. The number of hydrogen-bond acceptors (Lipinski definition) is 11. The van der Waals surface area contributed by atoms with Crippen LogP contribution in [-0.2, 0) is 31.7 Å². The van der Waals surface area contributed by atoms with Crippen LogP contribution in [0.15, 0.2) is 0 Å². The van der Waals surface area contributed by atoms with E-state index in [1.54, 1.807) is 0 Å². The molecule has 15 heteroatoms. The molecule has 9 aliphatic rings. The first-order valence-corrected chi connectivity index (χ1v) is 21.0. The maximum absolute atomic E-state index is 11.8. The molecule has 9 rings (SSSR count). The molecule has 4 aliphatic carbocycles. The van der Waals surface area contributed by atoms with Gasteiger partial charge in [0.2, 0.25) is 0 Å². The van der Waals surface area contributed by atoms with Gasteiger partial charge in [0.25, 0.3) is 0 Å². The molecule has 9 N–H and O–H groups in total. The molecule has 9 fully saturated rings. The Labute approximate surface area is 302 Å². The van der Waals surface area contributed by atoms with E-state index in [2.05, 4.69) is 42.5 Å². The Morgan fingerprint density at radius 1 is 0.479 bits per heavy atom. The van der Waals surface area contributed by atoms with Crippen LogP contribution in [0, 0.1) is 53.3 Å². The van der Waals surface area contributed by atoms with Crippen molar-refractivity contribution >= 4 is 22.0 Å². The Balaban J connectivity index is 0.00000336. The summed E-state index contributed by atoms with van der Waals surface area (Å²) < 4.78 is 38.2. The van der Waals surface area contributed by atoms with E-state index in [-0.39, 0.29) is 78.0 Å². The van der Waals surface area contributed by atoms with Crippen LogP contribution in [-0.4, -0.2) is 67.9 Å². The summed E-state index contributed by atoms with van der Waals surface area (Å²) in [6.45, 7) is 0. The van der Waals surface area contributed by atoms with Crippen LogP contribution in [0.3, 0.4) is 0 Å². The summed E-state index contributed by atoms with van der Waals surface area (Å²) in [6.07, 6.45) is 19.4. The maximum atomic E-state index is 11.8. The zero-order chi connectivity index (χ0) is 31.9. The van der Waals surface area contributed by atoms with E-state index in [1.165, 1.54) is 77.0 Å². The number of hydrogen-bond donors (Lipinski definition) is 9. The summed E-state index contributed by atoms with van der Waals surface area (Å²) in [5.74, 6) is 3.60. The number of fused-ring (bicyclic) bond motifs is 20.